The summed E-state index contributed by atoms with van der Waals surface area (Å²) in [5.41, 5.74) is 0. The molecule has 0 fully saturated rings. The molecule has 7 heteroatoms. The third-order valence-electron chi connectivity index (χ3n) is 0.512. The maximum absolute atomic E-state index is 9.28. The van der Waals surface area contributed by atoms with E-state index in [0.717, 1.165) is 0 Å². The topological polar surface area (TPSA) is 144 Å². The second kappa shape index (κ2) is 8.00. The Bertz CT molecular complexity index is 228. The fourth-order valence-corrected chi connectivity index (χ4v) is 0.182. The fourth-order valence-electron chi connectivity index (χ4n) is 0.182. The van der Waals surface area contributed by atoms with Crippen LogP contribution >= 0.6 is 0 Å². The minimum absolute atomic E-state index is 0.514. The van der Waals surface area contributed by atoms with Gasteiger partial charge in [-0.15, -0.1) is 0 Å². The monoisotopic (exact) mass is 186 g/mol. The van der Waals surface area contributed by atoms with Crippen LogP contribution in [0.5, 0.6) is 0 Å². The number of nitrogens with zero attached hydrogens (tertiary/aromatic N) is 1. The zero-order valence-electron chi connectivity index (χ0n) is 6.31. The van der Waals surface area contributed by atoms with Crippen molar-refractivity contribution in [3.8, 4) is 6.07 Å². The molecule has 72 valence electrons. The van der Waals surface area contributed by atoms with Gasteiger partial charge in [0.15, 0.2) is 0 Å². The Balaban J connectivity index is 0. The lowest BCUT2D eigenvalue weighted by Crippen LogP contribution is -2.32. The lowest BCUT2D eigenvalue weighted by atomic mass is 10.5. The van der Waals surface area contributed by atoms with Crippen molar-refractivity contribution in [2.45, 2.75) is 12.8 Å². The molecule has 0 unspecified atom stereocenters. The van der Waals surface area contributed by atoms with Crippen molar-refractivity contribution in [2.24, 2.45) is 0 Å². The maximum Gasteiger partial charge on any atom is 0.0747 e. The summed E-state index contributed by atoms with van der Waals surface area (Å²) in [5, 5.41) is 35.4. The Hall–Kier alpha value is -2.10. The number of carboxylic acid groups (broad SMARTS) is 3. The van der Waals surface area contributed by atoms with E-state index < -0.39 is 30.7 Å². The van der Waals surface area contributed by atoms with E-state index in [2.05, 4.69) is 0 Å². The van der Waals surface area contributed by atoms with Crippen molar-refractivity contribution in [1.29, 1.82) is 5.26 Å². The number of carboxylic acids is 3. The van der Waals surface area contributed by atoms with Gasteiger partial charge in [0, 0.05) is 18.4 Å². The highest BCUT2D eigenvalue weighted by Crippen LogP contribution is 1.66. The van der Waals surface area contributed by atoms with Crippen LogP contribution in [0, 0.1) is 11.3 Å². The largest absolute Gasteiger partial charge is 0.550 e. The highest BCUT2D eigenvalue weighted by Gasteiger charge is 1.81. The number of nitriles is 1. The highest BCUT2D eigenvalue weighted by molar-refractivity contribution is 5.86. The Morgan fingerprint density at radius 3 is 1.38 bits per heavy atom. The molecular weight excluding hydrogens is 182 g/mol. The van der Waals surface area contributed by atoms with Crippen molar-refractivity contribution in [3.63, 3.8) is 0 Å². The summed E-state index contributed by atoms with van der Waals surface area (Å²) in [6, 6.07) is 1.41. The first kappa shape index (κ1) is 13.5. The minimum Gasteiger partial charge on any atom is -0.550 e. The molecule has 0 aliphatic rings. The van der Waals surface area contributed by atoms with Gasteiger partial charge in [0.05, 0.1) is 18.5 Å². The third kappa shape index (κ3) is 25.7. The van der Waals surface area contributed by atoms with Gasteiger partial charge in [0.1, 0.15) is 0 Å². The fraction of sp³-hybridized carbons (Fsp3) is 0.333. The summed E-state index contributed by atoms with van der Waals surface area (Å²) in [6.45, 7) is 0. The zero-order valence-corrected chi connectivity index (χ0v) is 6.31. The molecule has 0 saturated carbocycles. The van der Waals surface area contributed by atoms with Crippen molar-refractivity contribution in [3.05, 3.63) is 0 Å². The number of carbonyl (C=O) groups is 3. The Morgan fingerprint density at radius 2 is 1.38 bits per heavy atom. The Morgan fingerprint density at radius 1 is 1.00 bits per heavy atom. The summed E-state index contributed by atoms with van der Waals surface area (Å²) in [7, 11) is 0. The summed E-state index contributed by atoms with van der Waals surface area (Å²) in [5.74, 6) is -4.57. The van der Waals surface area contributed by atoms with Crippen LogP contribution < -0.4 is 15.3 Å². The molecule has 0 atom stereocenters. The molecule has 0 aromatic carbocycles. The second-order valence-electron chi connectivity index (χ2n) is 1.63. The normalized spacial score (nSPS) is 7.31. The molecule has 0 saturated heterocycles. The maximum atomic E-state index is 9.28. The van der Waals surface area contributed by atoms with Gasteiger partial charge in [-0.1, -0.05) is 0 Å². The predicted octanol–water partition coefficient (Wildman–Crippen LogP) is -4.47. The summed E-state index contributed by atoms with van der Waals surface area (Å²) >= 11 is 0. The smallest absolute Gasteiger partial charge is 0.0747 e. The number of carbonyl (C=O) groups excluding carboxylic acids is 3. The van der Waals surface area contributed by atoms with Crippen LogP contribution in [0.25, 0.3) is 0 Å². The van der Waals surface area contributed by atoms with Gasteiger partial charge in [-0.3, -0.25) is 0 Å². The van der Waals surface area contributed by atoms with Gasteiger partial charge < -0.3 is 29.7 Å². The molecule has 0 aromatic heterocycles. The van der Waals surface area contributed by atoms with E-state index in [1.165, 1.54) is 6.07 Å². The van der Waals surface area contributed by atoms with E-state index in [1.807, 2.05) is 0 Å². The standard InChI is InChI=1S/C3H3NO2.C3H4O4/c4-2-1-3(5)6;4-2(5)1-3(6)7/h1H2,(H,5,6);1H2,(H,4,5)(H,6,7)/p-3. The first-order valence-electron chi connectivity index (χ1n) is 2.86. The molecular formula is C6H4NO6-3. The highest BCUT2D eigenvalue weighted by atomic mass is 16.4. The van der Waals surface area contributed by atoms with Crippen molar-refractivity contribution < 1.29 is 29.7 Å². The van der Waals surface area contributed by atoms with Gasteiger partial charge in [0.25, 0.3) is 0 Å². The van der Waals surface area contributed by atoms with E-state index in [-0.39, 0.29) is 0 Å². The van der Waals surface area contributed by atoms with Crippen molar-refractivity contribution in [1.82, 2.24) is 0 Å². The number of hydrogen-bond donors (Lipinski definition) is 0. The molecule has 0 aromatic rings. The van der Waals surface area contributed by atoms with Crippen molar-refractivity contribution in [2.75, 3.05) is 0 Å². The number of aliphatic carboxylic acids is 3. The zero-order chi connectivity index (χ0) is 10.9. The first-order valence-corrected chi connectivity index (χ1v) is 2.86. The summed E-state index contributed by atoms with van der Waals surface area (Å²) < 4.78 is 0. The van der Waals surface area contributed by atoms with Crippen LogP contribution in [0.4, 0.5) is 0 Å². The van der Waals surface area contributed by atoms with Gasteiger partial charge in [-0.25, -0.2) is 0 Å². The number of rotatable bonds is 3. The van der Waals surface area contributed by atoms with E-state index in [9.17, 15) is 29.7 Å². The third-order valence-corrected chi connectivity index (χ3v) is 0.512. The molecule has 0 bridgehead atoms. The predicted molar refractivity (Wildman–Crippen MR) is 29.9 cm³/mol. The van der Waals surface area contributed by atoms with Gasteiger partial charge >= 0.3 is 0 Å². The summed E-state index contributed by atoms with van der Waals surface area (Å²) in [4.78, 5) is 27.8. The molecule has 0 rings (SSSR count). The van der Waals surface area contributed by atoms with Crippen LogP contribution in [0.3, 0.4) is 0 Å². The quantitative estimate of drug-likeness (QED) is 0.404. The van der Waals surface area contributed by atoms with E-state index in [1.54, 1.807) is 0 Å². The van der Waals surface area contributed by atoms with Gasteiger partial charge in [0.2, 0.25) is 0 Å². The molecule has 0 aliphatic heterocycles. The lowest BCUT2D eigenvalue weighted by molar-refractivity contribution is -0.322. The van der Waals surface area contributed by atoms with Crippen LogP contribution in [0.2, 0.25) is 0 Å². The van der Waals surface area contributed by atoms with E-state index in [4.69, 9.17) is 5.26 Å². The van der Waals surface area contributed by atoms with Crippen molar-refractivity contribution >= 4 is 17.9 Å². The first-order chi connectivity index (χ1) is 5.90. The molecule has 13 heavy (non-hydrogen) atoms. The molecule has 0 amide bonds. The van der Waals surface area contributed by atoms with Crippen LogP contribution in [0.1, 0.15) is 12.8 Å². The molecule has 0 spiro atoms. The van der Waals surface area contributed by atoms with E-state index in [0.29, 0.717) is 0 Å². The molecule has 0 N–H and O–H groups in total. The van der Waals surface area contributed by atoms with Crippen LogP contribution in [-0.2, 0) is 14.4 Å². The Kier molecular flexibility index (Phi) is 8.30. The Labute approximate surface area is 72.8 Å². The van der Waals surface area contributed by atoms with Crippen LogP contribution in [0.15, 0.2) is 0 Å². The molecule has 7 nitrogen and oxygen atoms in total. The average molecular weight is 186 g/mol. The van der Waals surface area contributed by atoms with Gasteiger partial charge in [-0.05, 0) is 0 Å². The molecule has 0 aliphatic carbocycles. The minimum atomic E-state index is -1.63. The SMILES string of the molecule is N#CCC(=O)[O-].O=C([O-])CC(=O)[O-]. The summed E-state index contributed by atoms with van der Waals surface area (Å²) in [6.07, 6.45) is -1.54. The lowest BCUT2D eigenvalue weighted by Gasteiger charge is -1.99. The van der Waals surface area contributed by atoms with Gasteiger partial charge in [-0.2, -0.15) is 5.26 Å². The van der Waals surface area contributed by atoms with E-state index >= 15 is 0 Å². The average Bonchev–Trinajstić information content (AvgIpc) is 1.83. The number of hydrogen-bond acceptors (Lipinski definition) is 7. The van der Waals surface area contributed by atoms with Crippen LogP contribution in [-0.4, -0.2) is 17.9 Å². The molecule has 0 radical (unpaired) electrons. The molecule has 0 heterocycles. The second-order valence-corrected chi connectivity index (χ2v) is 1.63.